The zero-order valence-electron chi connectivity index (χ0n) is 8.40. The van der Waals surface area contributed by atoms with Crippen LogP contribution in [0, 0.1) is 0 Å². The Bertz CT molecular complexity index is 327. The maximum Gasteiger partial charge on any atom is 0.0764 e. The molecule has 0 aromatic heterocycles. The Morgan fingerprint density at radius 2 is 2.00 bits per heavy atom. The molecule has 0 heterocycles. The fraction of sp³-hybridized carbons (Fsp3) is 0.500. The standard InChI is InChI=1S/C12H16O2/c1-9(14)10-4-2-3-5-11(10)12(8-13)6-7-12/h2-5,9,13-14H,6-8H2,1H3. The van der Waals surface area contributed by atoms with Crippen LogP contribution in [0.5, 0.6) is 0 Å². The SMILES string of the molecule is CC(O)c1ccccc1C1(CO)CC1. The molecule has 1 saturated carbocycles. The first-order chi connectivity index (χ1) is 6.69. The largest absolute Gasteiger partial charge is 0.395 e. The van der Waals surface area contributed by atoms with Crippen LogP contribution >= 0.6 is 0 Å². The van der Waals surface area contributed by atoms with Crippen molar-refractivity contribution in [1.82, 2.24) is 0 Å². The van der Waals surface area contributed by atoms with Crippen molar-refractivity contribution in [3.63, 3.8) is 0 Å². The van der Waals surface area contributed by atoms with Crippen LogP contribution in [0.15, 0.2) is 24.3 Å². The maximum atomic E-state index is 9.61. The first-order valence-electron chi connectivity index (χ1n) is 5.08. The molecule has 1 aromatic rings. The molecule has 1 aliphatic carbocycles. The van der Waals surface area contributed by atoms with Crippen molar-refractivity contribution in [2.75, 3.05) is 6.61 Å². The first kappa shape index (κ1) is 9.69. The van der Waals surface area contributed by atoms with E-state index in [1.807, 2.05) is 24.3 Å². The number of hydrogen-bond acceptors (Lipinski definition) is 2. The van der Waals surface area contributed by atoms with Crippen LogP contribution in [0.2, 0.25) is 0 Å². The van der Waals surface area contributed by atoms with E-state index in [1.165, 1.54) is 0 Å². The molecule has 0 amide bonds. The molecule has 2 N–H and O–H groups in total. The summed E-state index contributed by atoms with van der Waals surface area (Å²) in [6.07, 6.45) is 1.62. The van der Waals surface area contributed by atoms with E-state index in [0.29, 0.717) is 0 Å². The summed E-state index contributed by atoms with van der Waals surface area (Å²) >= 11 is 0. The lowest BCUT2D eigenvalue weighted by atomic mass is 9.90. The molecule has 1 fully saturated rings. The monoisotopic (exact) mass is 192 g/mol. The molecule has 2 nitrogen and oxygen atoms in total. The molecule has 1 atom stereocenters. The number of aliphatic hydroxyl groups is 2. The molecule has 1 aliphatic rings. The number of aliphatic hydroxyl groups excluding tert-OH is 2. The summed E-state index contributed by atoms with van der Waals surface area (Å²) in [5.41, 5.74) is 2.03. The van der Waals surface area contributed by atoms with Gasteiger partial charge in [0.05, 0.1) is 12.7 Å². The van der Waals surface area contributed by atoms with Gasteiger partial charge in [0.25, 0.3) is 0 Å². The average Bonchev–Trinajstić information content (AvgIpc) is 2.98. The van der Waals surface area contributed by atoms with Gasteiger partial charge in [-0.15, -0.1) is 0 Å². The van der Waals surface area contributed by atoms with Gasteiger partial charge in [-0.05, 0) is 30.9 Å². The highest BCUT2D eigenvalue weighted by molar-refractivity contribution is 5.39. The van der Waals surface area contributed by atoms with Crippen LogP contribution in [-0.2, 0) is 5.41 Å². The third kappa shape index (κ3) is 1.45. The van der Waals surface area contributed by atoms with E-state index in [0.717, 1.165) is 24.0 Å². The predicted octanol–water partition coefficient (Wildman–Crippen LogP) is 1.76. The molecule has 2 heteroatoms. The zero-order chi connectivity index (χ0) is 10.2. The second-order valence-electron chi connectivity index (χ2n) is 4.20. The van der Waals surface area contributed by atoms with Crippen LogP contribution < -0.4 is 0 Å². The summed E-state index contributed by atoms with van der Waals surface area (Å²) in [7, 11) is 0. The van der Waals surface area contributed by atoms with E-state index in [1.54, 1.807) is 6.92 Å². The second-order valence-corrected chi connectivity index (χ2v) is 4.20. The van der Waals surface area contributed by atoms with E-state index in [4.69, 9.17) is 0 Å². The van der Waals surface area contributed by atoms with Crippen LogP contribution in [-0.4, -0.2) is 16.8 Å². The summed E-state index contributed by atoms with van der Waals surface area (Å²) in [6.45, 7) is 1.96. The summed E-state index contributed by atoms with van der Waals surface area (Å²) in [6, 6.07) is 7.86. The minimum absolute atomic E-state index is 0.0480. The number of rotatable bonds is 3. The summed E-state index contributed by atoms with van der Waals surface area (Å²) in [5, 5.41) is 18.9. The average molecular weight is 192 g/mol. The highest BCUT2D eigenvalue weighted by atomic mass is 16.3. The first-order valence-corrected chi connectivity index (χ1v) is 5.08. The Morgan fingerprint density at radius 3 is 2.50 bits per heavy atom. The van der Waals surface area contributed by atoms with Gasteiger partial charge in [0, 0.05) is 5.41 Å². The Morgan fingerprint density at radius 1 is 1.36 bits per heavy atom. The fourth-order valence-electron chi connectivity index (χ4n) is 2.01. The van der Waals surface area contributed by atoms with Crippen LogP contribution in [0.1, 0.15) is 37.0 Å². The highest BCUT2D eigenvalue weighted by Gasteiger charge is 2.45. The fourth-order valence-corrected chi connectivity index (χ4v) is 2.01. The molecule has 2 rings (SSSR count). The Kier molecular flexibility index (Phi) is 2.33. The molecule has 76 valence electrons. The third-order valence-electron chi connectivity index (χ3n) is 3.14. The lowest BCUT2D eigenvalue weighted by Gasteiger charge is -2.18. The van der Waals surface area contributed by atoms with Crippen molar-refractivity contribution in [2.24, 2.45) is 0 Å². The molecule has 0 aliphatic heterocycles. The van der Waals surface area contributed by atoms with E-state index in [-0.39, 0.29) is 12.0 Å². The topological polar surface area (TPSA) is 40.5 Å². The third-order valence-corrected chi connectivity index (χ3v) is 3.14. The van der Waals surface area contributed by atoms with Crippen molar-refractivity contribution in [3.05, 3.63) is 35.4 Å². The van der Waals surface area contributed by atoms with E-state index >= 15 is 0 Å². The van der Waals surface area contributed by atoms with Crippen LogP contribution in [0.4, 0.5) is 0 Å². The Balaban J connectivity index is 2.42. The Labute approximate surface area is 84.2 Å². The minimum Gasteiger partial charge on any atom is -0.395 e. The van der Waals surface area contributed by atoms with Gasteiger partial charge in [-0.1, -0.05) is 24.3 Å². The highest BCUT2D eigenvalue weighted by Crippen LogP contribution is 2.49. The minimum atomic E-state index is -0.449. The van der Waals surface area contributed by atoms with Gasteiger partial charge < -0.3 is 10.2 Å². The van der Waals surface area contributed by atoms with Crippen LogP contribution in [0.25, 0.3) is 0 Å². The van der Waals surface area contributed by atoms with Gasteiger partial charge in [-0.25, -0.2) is 0 Å². The van der Waals surface area contributed by atoms with Crippen molar-refractivity contribution in [1.29, 1.82) is 0 Å². The number of benzene rings is 1. The van der Waals surface area contributed by atoms with Gasteiger partial charge in [-0.3, -0.25) is 0 Å². The molecule has 1 aromatic carbocycles. The smallest absolute Gasteiger partial charge is 0.0764 e. The zero-order valence-corrected chi connectivity index (χ0v) is 8.40. The van der Waals surface area contributed by atoms with Gasteiger partial charge in [0.15, 0.2) is 0 Å². The molecule has 1 unspecified atom stereocenters. The van der Waals surface area contributed by atoms with Crippen LogP contribution in [0.3, 0.4) is 0 Å². The normalized spacial score (nSPS) is 20.5. The quantitative estimate of drug-likeness (QED) is 0.766. The molecular formula is C12H16O2. The van der Waals surface area contributed by atoms with Crippen molar-refractivity contribution < 1.29 is 10.2 Å². The maximum absolute atomic E-state index is 9.61. The van der Waals surface area contributed by atoms with E-state index in [2.05, 4.69) is 0 Å². The van der Waals surface area contributed by atoms with E-state index in [9.17, 15) is 10.2 Å². The second kappa shape index (κ2) is 3.37. The molecule has 0 spiro atoms. The molecular weight excluding hydrogens is 176 g/mol. The van der Waals surface area contributed by atoms with Gasteiger partial charge >= 0.3 is 0 Å². The number of hydrogen-bond donors (Lipinski definition) is 2. The lowest BCUT2D eigenvalue weighted by molar-refractivity contribution is 0.194. The lowest BCUT2D eigenvalue weighted by Crippen LogP contribution is -2.15. The summed E-state index contributed by atoms with van der Waals surface area (Å²) < 4.78 is 0. The summed E-state index contributed by atoms with van der Waals surface area (Å²) in [5.74, 6) is 0. The van der Waals surface area contributed by atoms with Crippen molar-refractivity contribution >= 4 is 0 Å². The molecule has 0 saturated heterocycles. The molecule has 0 radical (unpaired) electrons. The van der Waals surface area contributed by atoms with Gasteiger partial charge in [0.1, 0.15) is 0 Å². The van der Waals surface area contributed by atoms with Crippen molar-refractivity contribution in [3.8, 4) is 0 Å². The molecule has 0 bridgehead atoms. The van der Waals surface area contributed by atoms with Gasteiger partial charge in [0.2, 0.25) is 0 Å². The summed E-state index contributed by atoms with van der Waals surface area (Å²) in [4.78, 5) is 0. The van der Waals surface area contributed by atoms with Crippen molar-refractivity contribution in [2.45, 2.75) is 31.3 Å². The Hall–Kier alpha value is -0.860. The van der Waals surface area contributed by atoms with E-state index < -0.39 is 6.10 Å². The van der Waals surface area contributed by atoms with Gasteiger partial charge in [-0.2, -0.15) is 0 Å². The predicted molar refractivity (Wildman–Crippen MR) is 55.1 cm³/mol. The molecule has 14 heavy (non-hydrogen) atoms.